The molecule has 2 rings (SSSR count). The minimum absolute atomic E-state index is 0.138. The lowest BCUT2D eigenvalue weighted by atomic mass is 9.91. The van der Waals surface area contributed by atoms with Crippen LogP contribution in [0.25, 0.3) is 0 Å². The van der Waals surface area contributed by atoms with Crippen molar-refractivity contribution in [3.63, 3.8) is 0 Å². The van der Waals surface area contributed by atoms with Crippen LogP contribution in [-0.2, 0) is 0 Å². The summed E-state index contributed by atoms with van der Waals surface area (Å²) in [6, 6.07) is 5.03. The predicted octanol–water partition coefficient (Wildman–Crippen LogP) is 3.04. The van der Waals surface area contributed by atoms with Gasteiger partial charge in [0.2, 0.25) is 0 Å². The molecule has 0 aliphatic heterocycles. The molecule has 0 spiro atoms. The Morgan fingerprint density at radius 1 is 1.44 bits per heavy atom. The molecule has 1 fully saturated rings. The van der Waals surface area contributed by atoms with Crippen LogP contribution in [0.3, 0.4) is 0 Å². The van der Waals surface area contributed by atoms with Gasteiger partial charge in [-0.25, -0.2) is 0 Å². The Morgan fingerprint density at radius 2 is 2.19 bits per heavy atom. The number of rotatable bonds is 3. The monoisotopic (exact) mass is 239 g/mol. The first-order valence-electron chi connectivity index (χ1n) is 6.13. The molecule has 3 atom stereocenters. The highest BCUT2D eigenvalue weighted by atomic mass is 32.1. The Morgan fingerprint density at radius 3 is 2.81 bits per heavy atom. The molecule has 0 radical (unpaired) electrons. The van der Waals surface area contributed by atoms with Crippen LogP contribution < -0.4 is 0 Å². The van der Waals surface area contributed by atoms with E-state index < -0.39 is 0 Å². The average molecular weight is 239 g/mol. The molecule has 1 aliphatic carbocycles. The zero-order valence-corrected chi connectivity index (χ0v) is 10.9. The highest BCUT2D eigenvalue weighted by Crippen LogP contribution is 2.30. The largest absolute Gasteiger partial charge is 0.391 e. The van der Waals surface area contributed by atoms with Gasteiger partial charge in [0.25, 0.3) is 0 Å². The Kier molecular flexibility index (Phi) is 4.00. The zero-order valence-electron chi connectivity index (χ0n) is 10.1. The fourth-order valence-corrected chi connectivity index (χ4v) is 3.42. The third-order valence-corrected chi connectivity index (χ3v) is 4.83. The lowest BCUT2D eigenvalue weighted by Gasteiger charge is -2.38. The summed E-state index contributed by atoms with van der Waals surface area (Å²) in [4.78, 5) is 3.73. The Bertz CT molecular complexity index is 312. The fourth-order valence-electron chi connectivity index (χ4n) is 2.58. The van der Waals surface area contributed by atoms with E-state index in [0.717, 1.165) is 12.8 Å². The van der Waals surface area contributed by atoms with Crippen LogP contribution >= 0.6 is 11.3 Å². The third kappa shape index (κ3) is 2.47. The van der Waals surface area contributed by atoms with Gasteiger partial charge in [-0.05, 0) is 38.3 Å². The number of nitrogens with zero attached hydrogens (tertiary/aromatic N) is 1. The molecule has 0 bridgehead atoms. The maximum Gasteiger partial charge on any atom is 0.0695 e. The number of hydrogen-bond donors (Lipinski definition) is 1. The van der Waals surface area contributed by atoms with Crippen LogP contribution in [0.2, 0.25) is 0 Å². The lowest BCUT2D eigenvalue weighted by molar-refractivity contribution is 0.0162. The molecule has 3 heteroatoms. The van der Waals surface area contributed by atoms with Gasteiger partial charge in [-0.3, -0.25) is 4.90 Å². The molecule has 1 aromatic rings. The van der Waals surface area contributed by atoms with Gasteiger partial charge in [-0.15, -0.1) is 11.3 Å². The van der Waals surface area contributed by atoms with Gasteiger partial charge in [-0.2, -0.15) is 0 Å². The number of thiophene rings is 1. The molecule has 1 N–H and O–H groups in total. The van der Waals surface area contributed by atoms with E-state index in [0.29, 0.717) is 12.1 Å². The second-order valence-electron chi connectivity index (χ2n) is 4.78. The van der Waals surface area contributed by atoms with Crippen molar-refractivity contribution >= 4 is 11.3 Å². The summed E-state index contributed by atoms with van der Waals surface area (Å²) in [7, 11) is 2.14. The van der Waals surface area contributed by atoms with E-state index in [1.807, 2.05) is 0 Å². The van der Waals surface area contributed by atoms with Crippen molar-refractivity contribution in [2.45, 2.75) is 50.8 Å². The topological polar surface area (TPSA) is 23.5 Å². The van der Waals surface area contributed by atoms with Crippen LogP contribution in [0.1, 0.15) is 43.5 Å². The Hall–Kier alpha value is -0.380. The summed E-state index contributed by atoms with van der Waals surface area (Å²) >= 11 is 1.80. The number of aliphatic hydroxyl groups is 1. The highest BCUT2D eigenvalue weighted by molar-refractivity contribution is 7.10. The van der Waals surface area contributed by atoms with E-state index in [1.54, 1.807) is 11.3 Å². The van der Waals surface area contributed by atoms with E-state index >= 15 is 0 Å². The molecule has 0 saturated heterocycles. The SMILES string of the molecule is CC(c1cccs1)N(C)[C@H]1CCCC[C@@H]1O. The van der Waals surface area contributed by atoms with Crippen molar-refractivity contribution in [2.75, 3.05) is 7.05 Å². The van der Waals surface area contributed by atoms with Gasteiger partial charge in [-0.1, -0.05) is 18.9 Å². The first-order chi connectivity index (χ1) is 7.70. The van der Waals surface area contributed by atoms with Crippen molar-refractivity contribution < 1.29 is 5.11 Å². The fraction of sp³-hybridized carbons (Fsp3) is 0.692. The standard InChI is InChI=1S/C13H21NOS/c1-10(13-8-5-9-16-13)14(2)11-6-3-4-7-12(11)15/h5,8-12,15H,3-4,6-7H2,1-2H3/t10?,11-,12-/m0/s1. The van der Waals surface area contributed by atoms with Crippen LogP contribution in [-0.4, -0.2) is 29.2 Å². The van der Waals surface area contributed by atoms with Crippen LogP contribution in [0.15, 0.2) is 17.5 Å². The van der Waals surface area contributed by atoms with Gasteiger partial charge in [0.1, 0.15) is 0 Å². The minimum atomic E-state index is -0.138. The van der Waals surface area contributed by atoms with E-state index in [4.69, 9.17) is 0 Å². The van der Waals surface area contributed by atoms with Gasteiger partial charge in [0.15, 0.2) is 0 Å². The average Bonchev–Trinajstić information content (AvgIpc) is 2.81. The molecule has 1 heterocycles. The smallest absolute Gasteiger partial charge is 0.0695 e. The number of likely N-dealkylation sites (N-methyl/N-ethyl adjacent to an activating group) is 1. The second kappa shape index (κ2) is 5.30. The summed E-state index contributed by atoms with van der Waals surface area (Å²) < 4.78 is 0. The molecule has 1 aliphatic rings. The van der Waals surface area contributed by atoms with Crippen LogP contribution in [0, 0.1) is 0 Å². The van der Waals surface area contributed by atoms with E-state index in [-0.39, 0.29) is 6.10 Å². The molecule has 0 aromatic carbocycles. The Balaban J connectivity index is 2.03. The first-order valence-corrected chi connectivity index (χ1v) is 7.01. The van der Waals surface area contributed by atoms with Gasteiger partial charge in [0.05, 0.1) is 6.10 Å². The van der Waals surface area contributed by atoms with E-state index in [9.17, 15) is 5.11 Å². The molecule has 1 unspecified atom stereocenters. The highest BCUT2D eigenvalue weighted by Gasteiger charge is 2.29. The van der Waals surface area contributed by atoms with Crippen LogP contribution in [0.5, 0.6) is 0 Å². The summed E-state index contributed by atoms with van der Waals surface area (Å²) in [5.41, 5.74) is 0. The van der Waals surface area contributed by atoms with Gasteiger partial charge < -0.3 is 5.11 Å². The van der Waals surface area contributed by atoms with E-state index in [1.165, 1.54) is 17.7 Å². The quantitative estimate of drug-likeness (QED) is 0.876. The summed E-state index contributed by atoms with van der Waals surface area (Å²) in [6.45, 7) is 2.23. The first kappa shape index (κ1) is 12.1. The zero-order chi connectivity index (χ0) is 11.5. The molecule has 1 saturated carbocycles. The van der Waals surface area contributed by atoms with Crippen LogP contribution in [0.4, 0.5) is 0 Å². The van der Waals surface area contributed by atoms with Crippen molar-refractivity contribution in [1.82, 2.24) is 4.90 Å². The molecular formula is C13H21NOS. The maximum atomic E-state index is 10.0. The second-order valence-corrected chi connectivity index (χ2v) is 5.76. The molecule has 1 aromatic heterocycles. The molecular weight excluding hydrogens is 218 g/mol. The summed E-state index contributed by atoms with van der Waals surface area (Å²) in [5.74, 6) is 0. The lowest BCUT2D eigenvalue weighted by Crippen LogP contribution is -2.44. The molecule has 0 amide bonds. The molecule has 2 nitrogen and oxygen atoms in total. The minimum Gasteiger partial charge on any atom is -0.391 e. The maximum absolute atomic E-state index is 10.0. The van der Waals surface area contributed by atoms with Gasteiger partial charge in [0, 0.05) is 17.0 Å². The number of hydrogen-bond acceptors (Lipinski definition) is 3. The normalized spacial score (nSPS) is 28.2. The van der Waals surface area contributed by atoms with Crippen molar-refractivity contribution in [3.8, 4) is 0 Å². The number of aliphatic hydroxyl groups excluding tert-OH is 1. The predicted molar refractivity (Wildman–Crippen MR) is 68.8 cm³/mol. The molecule has 90 valence electrons. The Labute approximate surface area is 102 Å². The van der Waals surface area contributed by atoms with E-state index in [2.05, 4.69) is 36.4 Å². The summed E-state index contributed by atoms with van der Waals surface area (Å²) in [6.07, 6.45) is 4.39. The van der Waals surface area contributed by atoms with Crippen molar-refractivity contribution in [2.24, 2.45) is 0 Å². The third-order valence-electron chi connectivity index (χ3n) is 3.78. The van der Waals surface area contributed by atoms with Crippen molar-refractivity contribution in [1.29, 1.82) is 0 Å². The molecule has 16 heavy (non-hydrogen) atoms. The summed E-state index contributed by atoms with van der Waals surface area (Å²) in [5, 5.41) is 12.2. The van der Waals surface area contributed by atoms with Crippen molar-refractivity contribution in [3.05, 3.63) is 22.4 Å². The van der Waals surface area contributed by atoms with Gasteiger partial charge >= 0.3 is 0 Å².